The fraction of sp³-hybridized carbons (Fsp3) is 0.636. The van der Waals surface area contributed by atoms with Crippen molar-refractivity contribution in [1.29, 1.82) is 0 Å². The van der Waals surface area contributed by atoms with Gasteiger partial charge in [-0.2, -0.15) is 0 Å². The van der Waals surface area contributed by atoms with Gasteiger partial charge in [0.15, 0.2) is 0 Å². The van der Waals surface area contributed by atoms with Crippen LogP contribution in [0.1, 0.15) is 37.2 Å². The maximum absolute atomic E-state index is 4.56. The van der Waals surface area contributed by atoms with Gasteiger partial charge in [0, 0.05) is 30.8 Å². The van der Waals surface area contributed by atoms with Crippen LogP contribution in [0.25, 0.3) is 0 Å². The van der Waals surface area contributed by atoms with Gasteiger partial charge < -0.3 is 5.32 Å². The van der Waals surface area contributed by atoms with Crippen LogP contribution in [0.3, 0.4) is 0 Å². The van der Waals surface area contributed by atoms with Gasteiger partial charge in [0.25, 0.3) is 0 Å². The first-order valence-corrected chi connectivity index (χ1v) is 5.42. The van der Waals surface area contributed by atoms with Crippen LogP contribution in [0.4, 0.5) is 0 Å². The third-order valence-electron chi connectivity index (χ3n) is 2.76. The largest absolute Gasteiger partial charge is 0.316 e. The smallest absolute Gasteiger partial charge is 0.128 e. The zero-order chi connectivity index (χ0) is 9.80. The van der Waals surface area contributed by atoms with Crippen LogP contribution >= 0.6 is 24.8 Å². The topological polar surface area (TPSA) is 37.8 Å². The molecule has 1 aromatic heterocycles. The fourth-order valence-electron chi connectivity index (χ4n) is 1.92. The summed E-state index contributed by atoms with van der Waals surface area (Å²) in [6.45, 7) is 4.32. The number of hydrogen-bond acceptors (Lipinski definition) is 3. The van der Waals surface area contributed by atoms with Gasteiger partial charge in [-0.15, -0.1) is 24.8 Å². The van der Waals surface area contributed by atoms with E-state index in [1.807, 2.05) is 6.20 Å². The highest BCUT2D eigenvalue weighted by atomic mass is 35.5. The van der Waals surface area contributed by atoms with Crippen LogP contribution in [-0.4, -0.2) is 23.1 Å². The Morgan fingerprint density at radius 1 is 1.44 bits per heavy atom. The molecule has 16 heavy (non-hydrogen) atoms. The average Bonchev–Trinajstić information content (AvgIpc) is 2.30. The number of halogens is 2. The number of rotatable bonds is 2. The molecule has 1 aromatic rings. The van der Waals surface area contributed by atoms with Crippen molar-refractivity contribution < 1.29 is 0 Å². The molecule has 1 aliphatic rings. The van der Waals surface area contributed by atoms with E-state index in [1.165, 1.54) is 18.5 Å². The summed E-state index contributed by atoms with van der Waals surface area (Å²) in [6.07, 6.45) is 5.33. The molecular formula is C11H19Cl2N3. The molecule has 1 fully saturated rings. The minimum Gasteiger partial charge on any atom is -0.316 e. The third-order valence-corrected chi connectivity index (χ3v) is 2.76. The molecule has 1 unspecified atom stereocenters. The lowest BCUT2D eigenvalue weighted by molar-refractivity contribution is 0.453. The Kier molecular flexibility index (Phi) is 7.64. The van der Waals surface area contributed by atoms with Crippen molar-refractivity contribution in [2.75, 3.05) is 13.1 Å². The Morgan fingerprint density at radius 2 is 2.25 bits per heavy atom. The minimum atomic E-state index is 0. The summed E-state index contributed by atoms with van der Waals surface area (Å²) < 4.78 is 0. The van der Waals surface area contributed by atoms with E-state index < -0.39 is 0 Å². The Labute approximate surface area is 109 Å². The molecule has 0 aromatic carbocycles. The number of aryl methyl sites for hydroxylation is 1. The van der Waals surface area contributed by atoms with E-state index in [0.717, 1.165) is 25.3 Å². The highest BCUT2D eigenvalue weighted by Gasteiger charge is 2.16. The highest BCUT2D eigenvalue weighted by Crippen LogP contribution is 2.20. The molecule has 0 spiro atoms. The number of piperidine rings is 1. The first kappa shape index (κ1) is 15.6. The summed E-state index contributed by atoms with van der Waals surface area (Å²) in [4.78, 5) is 8.78. The second-order valence-corrected chi connectivity index (χ2v) is 3.79. The summed E-state index contributed by atoms with van der Waals surface area (Å²) in [5.74, 6) is 1.56. The maximum Gasteiger partial charge on any atom is 0.128 e. The molecule has 2 heterocycles. The lowest BCUT2D eigenvalue weighted by atomic mass is 9.96. The van der Waals surface area contributed by atoms with E-state index in [2.05, 4.69) is 28.3 Å². The molecule has 0 amide bonds. The second-order valence-electron chi connectivity index (χ2n) is 3.79. The van der Waals surface area contributed by atoms with E-state index in [4.69, 9.17) is 0 Å². The van der Waals surface area contributed by atoms with Crippen molar-refractivity contribution in [1.82, 2.24) is 15.3 Å². The van der Waals surface area contributed by atoms with E-state index in [1.54, 1.807) is 0 Å². The summed E-state index contributed by atoms with van der Waals surface area (Å²) in [5, 5.41) is 3.41. The van der Waals surface area contributed by atoms with Crippen molar-refractivity contribution in [3.8, 4) is 0 Å². The lowest BCUT2D eigenvalue weighted by Gasteiger charge is -2.22. The van der Waals surface area contributed by atoms with Gasteiger partial charge >= 0.3 is 0 Å². The Morgan fingerprint density at radius 3 is 2.88 bits per heavy atom. The van der Waals surface area contributed by atoms with Crippen molar-refractivity contribution in [2.24, 2.45) is 0 Å². The Hall–Kier alpha value is -0.380. The van der Waals surface area contributed by atoms with Gasteiger partial charge in [-0.1, -0.05) is 6.92 Å². The highest BCUT2D eigenvalue weighted by molar-refractivity contribution is 5.85. The summed E-state index contributed by atoms with van der Waals surface area (Å²) in [7, 11) is 0. The van der Waals surface area contributed by atoms with Gasteiger partial charge in [-0.3, -0.25) is 0 Å². The SMILES string of the molecule is CCc1nccc(C2CCCNC2)n1.Cl.Cl. The van der Waals surface area contributed by atoms with E-state index >= 15 is 0 Å². The van der Waals surface area contributed by atoms with Gasteiger partial charge in [-0.25, -0.2) is 9.97 Å². The molecule has 5 heteroatoms. The zero-order valence-electron chi connectivity index (χ0n) is 9.48. The van der Waals surface area contributed by atoms with Gasteiger partial charge in [0.05, 0.1) is 0 Å². The molecule has 0 aliphatic carbocycles. The summed E-state index contributed by atoms with van der Waals surface area (Å²) in [6, 6.07) is 2.05. The molecule has 1 N–H and O–H groups in total. The molecule has 3 nitrogen and oxygen atoms in total. The Balaban J connectivity index is 0.00000112. The van der Waals surface area contributed by atoms with Gasteiger partial charge in [0.1, 0.15) is 5.82 Å². The quantitative estimate of drug-likeness (QED) is 0.891. The lowest BCUT2D eigenvalue weighted by Crippen LogP contribution is -2.29. The van der Waals surface area contributed by atoms with Crippen LogP contribution in [0, 0.1) is 0 Å². The van der Waals surface area contributed by atoms with Crippen LogP contribution in [0.5, 0.6) is 0 Å². The van der Waals surface area contributed by atoms with E-state index in [9.17, 15) is 0 Å². The van der Waals surface area contributed by atoms with E-state index in [-0.39, 0.29) is 24.8 Å². The molecular weight excluding hydrogens is 245 g/mol. The molecule has 0 saturated carbocycles. The predicted octanol–water partition coefficient (Wildman–Crippen LogP) is 2.35. The van der Waals surface area contributed by atoms with Crippen LogP contribution < -0.4 is 5.32 Å². The first-order valence-electron chi connectivity index (χ1n) is 5.42. The van der Waals surface area contributed by atoms with Crippen LogP contribution in [-0.2, 0) is 6.42 Å². The summed E-state index contributed by atoms with van der Waals surface area (Å²) in [5.41, 5.74) is 1.21. The van der Waals surface area contributed by atoms with Crippen molar-refractivity contribution >= 4 is 24.8 Å². The normalized spacial score (nSPS) is 19.4. The molecule has 0 radical (unpaired) electrons. The number of aromatic nitrogens is 2. The Bertz CT molecular complexity index is 301. The summed E-state index contributed by atoms with van der Waals surface area (Å²) >= 11 is 0. The molecule has 1 aliphatic heterocycles. The fourth-order valence-corrected chi connectivity index (χ4v) is 1.92. The number of nitrogens with zero attached hydrogens (tertiary/aromatic N) is 2. The van der Waals surface area contributed by atoms with Crippen LogP contribution in [0.2, 0.25) is 0 Å². The predicted molar refractivity (Wildman–Crippen MR) is 70.8 cm³/mol. The third kappa shape index (κ3) is 3.89. The maximum atomic E-state index is 4.56. The average molecular weight is 264 g/mol. The molecule has 2 rings (SSSR count). The van der Waals surface area contributed by atoms with Crippen molar-refractivity contribution in [2.45, 2.75) is 32.1 Å². The standard InChI is InChI=1S/C11H17N3.2ClH/c1-2-11-13-7-5-10(14-11)9-4-3-6-12-8-9;;/h5,7,9,12H,2-4,6,8H2,1H3;2*1H. The van der Waals surface area contributed by atoms with Crippen LogP contribution in [0.15, 0.2) is 12.3 Å². The van der Waals surface area contributed by atoms with Gasteiger partial charge in [0.2, 0.25) is 0 Å². The zero-order valence-corrected chi connectivity index (χ0v) is 11.1. The van der Waals surface area contributed by atoms with E-state index in [0.29, 0.717) is 5.92 Å². The minimum absolute atomic E-state index is 0. The monoisotopic (exact) mass is 263 g/mol. The second kappa shape index (κ2) is 7.82. The first-order chi connectivity index (χ1) is 6.90. The van der Waals surface area contributed by atoms with Crippen molar-refractivity contribution in [3.63, 3.8) is 0 Å². The molecule has 1 atom stereocenters. The molecule has 92 valence electrons. The van der Waals surface area contributed by atoms with Gasteiger partial charge in [-0.05, 0) is 25.5 Å². The molecule has 1 saturated heterocycles. The van der Waals surface area contributed by atoms with Crippen molar-refractivity contribution in [3.05, 3.63) is 23.8 Å². The number of nitrogens with one attached hydrogen (secondary N) is 1. The molecule has 0 bridgehead atoms. The number of hydrogen-bond donors (Lipinski definition) is 1.